The van der Waals surface area contributed by atoms with E-state index in [-0.39, 0.29) is 11.9 Å². The standard InChI is InChI=1S/C16H25N3OS/c1-5-8-16(11-17,9-6-2)15(20)19-12(4)14-18-10-13(7-3)21-14/h10,12H,5-9H2,1-4H3,(H,19,20). The predicted octanol–water partition coefficient (Wildman–Crippen LogP) is 3.99. The van der Waals surface area contributed by atoms with E-state index >= 15 is 0 Å². The number of hydrogen-bond donors (Lipinski definition) is 1. The molecule has 0 aliphatic rings. The zero-order valence-corrected chi connectivity index (χ0v) is 14.2. The largest absolute Gasteiger partial charge is 0.346 e. The monoisotopic (exact) mass is 307 g/mol. The van der Waals surface area contributed by atoms with E-state index in [9.17, 15) is 10.1 Å². The van der Waals surface area contributed by atoms with Crippen LogP contribution in [0.25, 0.3) is 0 Å². The smallest absolute Gasteiger partial charge is 0.241 e. The van der Waals surface area contributed by atoms with Crippen LogP contribution in [0.1, 0.15) is 69.3 Å². The van der Waals surface area contributed by atoms with Crippen LogP contribution >= 0.6 is 11.3 Å². The molecule has 1 rings (SSSR count). The molecule has 116 valence electrons. The van der Waals surface area contributed by atoms with E-state index in [2.05, 4.69) is 23.3 Å². The number of nitriles is 1. The van der Waals surface area contributed by atoms with Crippen LogP contribution in [0.3, 0.4) is 0 Å². The topological polar surface area (TPSA) is 65.8 Å². The van der Waals surface area contributed by atoms with Gasteiger partial charge >= 0.3 is 0 Å². The van der Waals surface area contributed by atoms with Crippen molar-refractivity contribution in [3.8, 4) is 6.07 Å². The summed E-state index contributed by atoms with van der Waals surface area (Å²) in [4.78, 5) is 18.1. The Morgan fingerprint density at radius 3 is 2.48 bits per heavy atom. The molecule has 0 spiro atoms. The molecular formula is C16H25N3OS. The van der Waals surface area contributed by atoms with Gasteiger partial charge in [0, 0.05) is 11.1 Å². The highest BCUT2D eigenvalue weighted by atomic mass is 32.1. The Labute approximate surface area is 131 Å². The van der Waals surface area contributed by atoms with Crippen molar-refractivity contribution in [3.05, 3.63) is 16.1 Å². The minimum Gasteiger partial charge on any atom is -0.346 e. The third-order valence-corrected chi connectivity index (χ3v) is 4.96. The van der Waals surface area contributed by atoms with Gasteiger partial charge in [0.15, 0.2) is 0 Å². The highest BCUT2D eigenvalue weighted by Crippen LogP contribution is 2.31. The van der Waals surface area contributed by atoms with E-state index < -0.39 is 5.41 Å². The quantitative estimate of drug-likeness (QED) is 0.789. The molecule has 1 heterocycles. The number of hydrogen-bond acceptors (Lipinski definition) is 4. The molecule has 0 aliphatic heterocycles. The van der Waals surface area contributed by atoms with Crippen LogP contribution in [-0.4, -0.2) is 10.9 Å². The van der Waals surface area contributed by atoms with Crippen molar-refractivity contribution in [1.29, 1.82) is 5.26 Å². The number of nitrogens with zero attached hydrogens (tertiary/aromatic N) is 2. The van der Waals surface area contributed by atoms with E-state index in [0.717, 1.165) is 24.3 Å². The first kappa shape index (κ1) is 17.6. The van der Waals surface area contributed by atoms with Crippen molar-refractivity contribution in [1.82, 2.24) is 10.3 Å². The second-order valence-corrected chi connectivity index (χ2v) is 6.55. The van der Waals surface area contributed by atoms with Gasteiger partial charge < -0.3 is 5.32 Å². The SMILES string of the molecule is CCCC(C#N)(CCC)C(=O)NC(C)c1ncc(CC)s1. The molecule has 1 N–H and O–H groups in total. The molecule has 1 atom stereocenters. The average Bonchev–Trinajstić information content (AvgIpc) is 2.95. The fourth-order valence-corrected chi connectivity index (χ4v) is 3.31. The number of aromatic nitrogens is 1. The summed E-state index contributed by atoms with van der Waals surface area (Å²) in [6.45, 7) is 8.03. The summed E-state index contributed by atoms with van der Waals surface area (Å²) in [5.74, 6) is -0.158. The molecule has 0 aromatic carbocycles. The van der Waals surface area contributed by atoms with Gasteiger partial charge in [0.2, 0.25) is 5.91 Å². The minimum absolute atomic E-state index is 0.149. The Balaban J connectivity index is 2.83. The summed E-state index contributed by atoms with van der Waals surface area (Å²) in [7, 11) is 0. The van der Waals surface area contributed by atoms with E-state index in [1.165, 1.54) is 4.88 Å². The first-order chi connectivity index (χ1) is 10.0. The molecule has 5 heteroatoms. The second-order valence-electron chi connectivity index (χ2n) is 5.41. The van der Waals surface area contributed by atoms with Crippen molar-refractivity contribution in [2.75, 3.05) is 0 Å². The molecule has 0 radical (unpaired) electrons. The maximum absolute atomic E-state index is 12.6. The van der Waals surface area contributed by atoms with Crippen molar-refractivity contribution >= 4 is 17.2 Å². The fourth-order valence-electron chi connectivity index (χ4n) is 2.45. The van der Waals surface area contributed by atoms with E-state index in [1.807, 2.05) is 27.0 Å². The predicted molar refractivity (Wildman–Crippen MR) is 85.9 cm³/mol. The summed E-state index contributed by atoms with van der Waals surface area (Å²) in [5, 5.41) is 13.4. The number of carbonyl (C=O) groups excluding carboxylic acids is 1. The molecule has 1 aromatic heterocycles. The normalized spacial score (nSPS) is 12.7. The molecule has 0 aliphatic carbocycles. The van der Waals surface area contributed by atoms with Gasteiger partial charge in [-0.3, -0.25) is 4.79 Å². The molecule has 1 aromatic rings. The second kappa shape index (κ2) is 8.14. The van der Waals surface area contributed by atoms with Crippen molar-refractivity contribution in [2.24, 2.45) is 5.41 Å². The van der Waals surface area contributed by atoms with E-state index in [4.69, 9.17) is 0 Å². The van der Waals surface area contributed by atoms with Crippen LogP contribution in [0.4, 0.5) is 0 Å². The number of rotatable bonds is 8. The van der Waals surface area contributed by atoms with Crippen LogP contribution in [-0.2, 0) is 11.2 Å². The van der Waals surface area contributed by atoms with Crippen LogP contribution < -0.4 is 5.32 Å². The molecule has 0 fully saturated rings. The van der Waals surface area contributed by atoms with Crippen LogP contribution in [0.15, 0.2) is 6.20 Å². The average molecular weight is 307 g/mol. The maximum Gasteiger partial charge on any atom is 0.241 e. The molecule has 0 saturated carbocycles. The third-order valence-electron chi connectivity index (χ3n) is 3.64. The highest BCUT2D eigenvalue weighted by Gasteiger charge is 2.37. The molecule has 1 unspecified atom stereocenters. The number of amides is 1. The maximum atomic E-state index is 12.6. The van der Waals surface area contributed by atoms with Gasteiger partial charge in [-0.2, -0.15) is 5.26 Å². The summed E-state index contributed by atoms with van der Waals surface area (Å²) in [6.07, 6.45) is 5.67. The summed E-state index contributed by atoms with van der Waals surface area (Å²) in [5.41, 5.74) is -0.900. The van der Waals surface area contributed by atoms with E-state index in [1.54, 1.807) is 11.3 Å². The zero-order valence-electron chi connectivity index (χ0n) is 13.4. The van der Waals surface area contributed by atoms with Crippen molar-refractivity contribution in [2.45, 2.75) is 65.8 Å². The highest BCUT2D eigenvalue weighted by molar-refractivity contribution is 7.11. The first-order valence-electron chi connectivity index (χ1n) is 7.69. The van der Waals surface area contributed by atoms with Gasteiger partial charge in [0.25, 0.3) is 0 Å². The number of carbonyl (C=O) groups is 1. The van der Waals surface area contributed by atoms with Crippen LogP contribution in [0.2, 0.25) is 0 Å². The van der Waals surface area contributed by atoms with Gasteiger partial charge in [-0.25, -0.2) is 4.98 Å². The molecule has 1 amide bonds. The van der Waals surface area contributed by atoms with Gasteiger partial charge in [-0.15, -0.1) is 11.3 Å². The molecule has 0 saturated heterocycles. The van der Waals surface area contributed by atoms with Gasteiger partial charge in [0.05, 0.1) is 12.1 Å². The fraction of sp³-hybridized carbons (Fsp3) is 0.688. The number of thiazole rings is 1. The summed E-state index contributed by atoms with van der Waals surface area (Å²) in [6, 6.07) is 2.11. The number of aryl methyl sites for hydroxylation is 1. The Morgan fingerprint density at radius 2 is 2.05 bits per heavy atom. The Kier molecular flexibility index (Phi) is 6.83. The third kappa shape index (κ3) is 4.28. The van der Waals surface area contributed by atoms with Gasteiger partial charge in [-0.1, -0.05) is 33.6 Å². The van der Waals surface area contributed by atoms with Crippen LogP contribution in [0, 0.1) is 16.7 Å². The molecule has 4 nitrogen and oxygen atoms in total. The first-order valence-corrected chi connectivity index (χ1v) is 8.51. The van der Waals surface area contributed by atoms with Crippen LogP contribution in [0.5, 0.6) is 0 Å². The lowest BCUT2D eigenvalue weighted by atomic mass is 9.79. The lowest BCUT2D eigenvalue weighted by Gasteiger charge is -2.26. The molecular weight excluding hydrogens is 282 g/mol. The summed E-state index contributed by atoms with van der Waals surface area (Å²) < 4.78 is 0. The van der Waals surface area contributed by atoms with Crippen molar-refractivity contribution in [3.63, 3.8) is 0 Å². The van der Waals surface area contributed by atoms with E-state index in [0.29, 0.717) is 12.8 Å². The zero-order chi connectivity index (χ0) is 15.9. The van der Waals surface area contributed by atoms with Gasteiger partial charge in [0.1, 0.15) is 10.4 Å². The Bertz CT molecular complexity index is 498. The molecule has 0 bridgehead atoms. The Morgan fingerprint density at radius 1 is 1.43 bits per heavy atom. The molecule has 21 heavy (non-hydrogen) atoms. The Hall–Kier alpha value is -1.41. The van der Waals surface area contributed by atoms with Gasteiger partial charge in [-0.05, 0) is 26.2 Å². The lowest BCUT2D eigenvalue weighted by Crippen LogP contribution is -2.41. The van der Waals surface area contributed by atoms with Crippen molar-refractivity contribution < 1.29 is 4.79 Å². The minimum atomic E-state index is -0.900. The number of nitrogens with one attached hydrogen (secondary N) is 1. The lowest BCUT2D eigenvalue weighted by molar-refractivity contribution is -0.129. The summed E-state index contributed by atoms with van der Waals surface area (Å²) >= 11 is 1.62.